The van der Waals surface area contributed by atoms with Crippen LogP contribution >= 0.6 is 11.8 Å². The van der Waals surface area contributed by atoms with Crippen LogP contribution in [0.3, 0.4) is 0 Å². The maximum absolute atomic E-state index is 13.6. The highest BCUT2D eigenvalue weighted by Gasteiger charge is 2.59. The van der Waals surface area contributed by atoms with Crippen molar-refractivity contribution in [2.45, 2.75) is 4.87 Å². The van der Waals surface area contributed by atoms with Gasteiger partial charge in [-0.25, -0.2) is 4.79 Å². The molecule has 1 fully saturated rings. The van der Waals surface area contributed by atoms with Crippen molar-refractivity contribution < 1.29 is 19.1 Å². The highest BCUT2D eigenvalue weighted by Crippen LogP contribution is 2.54. The number of nitrogens with zero attached hydrogens (tertiary/aromatic N) is 2. The van der Waals surface area contributed by atoms with Crippen LogP contribution in [-0.2, 0) is 14.4 Å². The number of nitrogens with one attached hydrogen (secondary N) is 1. The van der Waals surface area contributed by atoms with Gasteiger partial charge >= 0.3 is 6.03 Å². The number of hydrogen-bond acceptors (Lipinski definition) is 5. The molecule has 0 aromatic heterocycles. The zero-order valence-electron chi connectivity index (χ0n) is 16.4. The zero-order chi connectivity index (χ0) is 20.4. The van der Waals surface area contributed by atoms with Crippen molar-refractivity contribution in [2.24, 2.45) is 0 Å². The van der Waals surface area contributed by atoms with Gasteiger partial charge in [0.25, 0.3) is 5.91 Å². The van der Waals surface area contributed by atoms with Gasteiger partial charge < -0.3 is 19.7 Å². The lowest BCUT2D eigenvalue weighted by Crippen LogP contribution is -2.52. The fraction of sp³-hybridized carbons (Fsp3) is 0.333. The van der Waals surface area contributed by atoms with Crippen LogP contribution in [-0.4, -0.2) is 56.5 Å². The molecule has 7 nitrogen and oxygen atoms in total. The van der Waals surface area contributed by atoms with E-state index in [1.54, 1.807) is 48.3 Å². The number of fused-ring (bicyclic) bond motifs is 2. The molecule has 0 unspecified atom stereocenters. The van der Waals surface area contributed by atoms with Crippen LogP contribution in [0.5, 0.6) is 5.75 Å². The van der Waals surface area contributed by atoms with Crippen molar-refractivity contribution in [3.63, 3.8) is 0 Å². The second kappa shape index (κ2) is 7.96. The van der Waals surface area contributed by atoms with Gasteiger partial charge in [-0.05, 0) is 30.3 Å². The van der Waals surface area contributed by atoms with Gasteiger partial charge in [-0.1, -0.05) is 18.2 Å². The second-order valence-electron chi connectivity index (χ2n) is 6.77. The van der Waals surface area contributed by atoms with E-state index >= 15 is 0 Å². The van der Waals surface area contributed by atoms with Gasteiger partial charge in [0.1, 0.15) is 5.75 Å². The lowest BCUT2D eigenvalue weighted by molar-refractivity contribution is -0.123. The minimum Gasteiger partial charge on any atom is -0.497 e. The highest BCUT2D eigenvalue weighted by molar-refractivity contribution is 8.01. The molecule has 2 aromatic rings. The average molecular weight is 413 g/mol. The van der Waals surface area contributed by atoms with Crippen LogP contribution in [0.4, 0.5) is 16.2 Å². The first-order valence-corrected chi connectivity index (χ1v) is 10.4. The molecule has 2 aliphatic rings. The summed E-state index contributed by atoms with van der Waals surface area (Å²) in [7, 11) is 3.21. The number of urea groups is 1. The summed E-state index contributed by atoms with van der Waals surface area (Å²) in [5.74, 6) is 1.31. The Morgan fingerprint density at radius 1 is 1.17 bits per heavy atom. The molecule has 1 spiro atoms. The molecular weight excluding hydrogens is 390 g/mol. The Balaban J connectivity index is 1.65. The molecule has 0 bridgehead atoms. The number of rotatable bonds is 5. The molecule has 2 heterocycles. The van der Waals surface area contributed by atoms with Crippen LogP contribution in [0.15, 0.2) is 48.5 Å². The average Bonchev–Trinajstić information content (AvgIpc) is 3.29. The van der Waals surface area contributed by atoms with E-state index in [-0.39, 0.29) is 11.9 Å². The summed E-state index contributed by atoms with van der Waals surface area (Å²) in [6.07, 6.45) is 0. The number of para-hydroxylation sites is 1. The van der Waals surface area contributed by atoms with Gasteiger partial charge in [-0.15, -0.1) is 11.8 Å². The Kier molecular flexibility index (Phi) is 5.38. The molecule has 4 rings (SSSR count). The molecule has 0 saturated carbocycles. The van der Waals surface area contributed by atoms with E-state index in [4.69, 9.17) is 9.47 Å². The van der Waals surface area contributed by atoms with E-state index in [2.05, 4.69) is 5.32 Å². The lowest BCUT2D eigenvalue weighted by Gasteiger charge is -2.33. The Morgan fingerprint density at radius 2 is 1.93 bits per heavy atom. The molecule has 8 heteroatoms. The van der Waals surface area contributed by atoms with Crippen LogP contribution in [0, 0.1) is 0 Å². The number of hydrogen-bond donors (Lipinski definition) is 1. The van der Waals surface area contributed by atoms with Gasteiger partial charge in [-0.2, -0.15) is 0 Å². The Labute approximate surface area is 174 Å². The van der Waals surface area contributed by atoms with Gasteiger partial charge in [0, 0.05) is 37.2 Å². The molecule has 0 radical (unpaired) electrons. The van der Waals surface area contributed by atoms with Crippen molar-refractivity contribution in [1.82, 2.24) is 4.90 Å². The molecule has 152 valence electrons. The van der Waals surface area contributed by atoms with E-state index in [1.165, 1.54) is 11.8 Å². The van der Waals surface area contributed by atoms with Crippen LogP contribution in [0.25, 0.3) is 0 Å². The molecule has 2 aromatic carbocycles. The molecule has 29 heavy (non-hydrogen) atoms. The molecule has 1 saturated heterocycles. The van der Waals surface area contributed by atoms with Crippen LogP contribution in [0.1, 0.15) is 5.56 Å². The molecule has 3 amide bonds. The fourth-order valence-electron chi connectivity index (χ4n) is 3.84. The number of benzene rings is 2. The second-order valence-corrected chi connectivity index (χ2v) is 8.06. The maximum Gasteiger partial charge on any atom is 0.323 e. The van der Waals surface area contributed by atoms with E-state index in [1.807, 2.05) is 24.3 Å². The third-order valence-electron chi connectivity index (χ3n) is 5.21. The van der Waals surface area contributed by atoms with E-state index in [0.29, 0.717) is 36.9 Å². The summed E-state index contributed by atoms with van der Waals surface area (Å²) in [6, 6.07) is 14.5. The number of amides is 3. The number of carbonyl (C=O) groups is 2. The first-order chi connectivity index (χ1) is 14.1. The predicted octanol–water partition coefficient (Wildman–Crippen LogP) is 3.12. The normalized spacial score (nSPS) is 20.3. The summed E-state index contributed by atoms with van der Waals surface area (Å²) in [4.78, 5) is 29.1. The number of methoxy groups -OCH3 is 2. The third kappa shape index (κ3) is 3.22. The predicted molar refractivity (Wildman–Crippen MR) is 114 cm³/mol. The fourth-order valence-corrected chi connectivity index (χ4v) is 5.30. The molecule has 1 atom stereocenters. The smallest absolute Gasteiger partial charge is 0.323 e. The number of thioether (sulfide) groups is 1. The van der Waals surface area contributed by atoms with Crippen molar-refractivity contribution in [2.75, 3.05) is 49.9 Å². The van der Waals surface area contributed by atoms with E-state index < -0.39 is 4.87 Å². The standard InChI is InChI=1S/C21H23N3O4S/c1-27-13-11-23-18-6-4-3-5-17(18)21(19(23)25)24(12-14-29-21)20(26)22-15-7-9-16(28-2)10-8-15/h3-10H,11-14H2,1-2H3,(H,22,26)/t21-/m0/s1. The molecule has 0 aliphatic carbocycles. The Morgan fingerprint density at radius 3 is 2.66 bits per heavy atom. The van der Waals surface area contributed by atoms with Crippen molar-refractivity contribution >= 4 is 35.1 Å². The first kappa shape index (κ1) is 19.6. The third-order valence-corrected chi connectivity index (χ3v) is 6.63. The van der Waals surface area contributed by atoms with E-state index in [9.17, 15) is 9.59 Å². The lowest BCUT2D eigenvalue weighted by atomic mass is 10.1. The number of ether oxygens (including phenoxy) is 2. The zero-order valence-corrected chi connectivity index (χ0v) is 17.2. The number of carbonyl (C=O) groups excluding carboxylic acids is 2. The maximum atomic E-state index is 13.6. The summed E-state index contributed by atoms with van der Waals surface area (Å²) in [5.41, 5.74) is 2.34. The summed E-state index contributed by atoms with van der Waals surface area (Å²) >= 11 is 1.51. The highest BCUT2D eigenvalue weighted by atomic mass is 32.2. The van der Waals surface area contributed by atoms with Crippen molar-refractivity contribution in [3.05, 3.63) is 54.1 Å². The largest absolute Gasteiger partial charge is 0.497 e. The minimum atomic E-state index is -1.04. The van der Waals surface area contributed by atoms with Crippen LogP contribution in [0.2, 0.25) is 0 Å². The number of anilines is 2. The van der Waals surface area contributed by atoms with Crippen molar-refractivity contribution in [3.8, 4) is 5.75 Å². The topological polar surface area (TPSA) is 71.1 Å². The van der Waals surface area contributed by atoms with Gasteiger partial charge in [0.2, 0.25) is 0 Å². The van der Waals surface area contributed by atoms with Gasteiger partial charge in [0.05, 0.1) is 19.4 Å². The molecule has 1 N–H and O–H groups in total. The van der Waals surface area contributed by atoms with E-state index in [0.717, 1.165) is 11.3 Å². The minimum absolute atomic E-state index is 0.0943. The quantitative estimate of drug-likeness (QED) is 0.816. The van der Waals surface area contributed by atoms with Gasteiger partial charge in [-0.3, -0.25) is 9.69 Å². The molecular formula is C21H23N3O4S. The first-order valence-electron chi connectivity index (χ1n) is 9.39. The monoisotopic (exact) mass is 413 g/mol. The Bertz CT molecular complexity index is 920. The summed E-state index contributed by atoms with van der Waals surface area (Å²) in [6.45, 7) is 1.37. The summed E-state index contributed by atoms with van der Waals surface area (Å²) < 4.78 is 10.3. The Hall–Kier alpha value is -2.71. The van der Waals surface area contributed by atoms with Crippen molar-refractivity contribution in [1.29, 1.82) is 0 Å². The van der Waals surface area contributed by atoms with Gasteiger partial charge in [0.15, 0.2) is 4.87 Å². The SMILES string of the molecule is COCCN1C(=O)[C@@]2(SCCN2C(=O)Nc2ccc(OC)cc2)c2ccccc21. The van der Waals surface area contributed by atoms with Crippen LogP contribution < -0.4 is 15.0 Å². The molecule has 2 aliphatic heterocycles. The summed E-state index contributed by atoms with van der Waals surface area (Å²) in [5, 5.41) is 2.92.